The maximum Gasteiger partial charge on any atom is 0.267 e. The van der Waals surface area contributed by atoms with Crippen LogP contribution in [-0.2, 0) is 14.8 Å². The summed E-state index contributed by atoms with van der Waals surface area (Å²) in [5.41, 5.74) is 5.58. The van der Waals surface area contributed by atoms with E-state index in [0.717, 1.165) is 23.2 Å². The number of nitrogens with one attached hydrogen (secondary N) is 1. The van der Waals surface area contributed by atoms with E-state index in [2.05, 4.69) is 9.97 Å². The number of nitrogens with two attached hydrogens (primary N) is 1. The molecule has 2 heterocycles. The van der Waals surface area contributed by atoms with Crippen LogP contribution in [-0.4, -0.2) is 23.4 Å². The Bertz CT molecular complexity index is 1450. The molecule has 0 amide bonds. The Morgan fingerprint density at radius 1 is 1.06 bits per heavy atom. The van der Waals surface area contributed by atoms with Gasteiger partial charge in [-0.2, -0.15) is 0 Å². The molecular formula is C24H24F3N5O2S2. The highest BCUT2D eigenvalue weighted by molar-refractivity contribution is 8.15. The number of benzene rings is 2. The summed E-state index contributed by atoms with van der Waals surface area (Å²) < 4.78 is 70.8. The number of hydrogen-bond acceptors (Lipinski definition) is 7. The summed E-state index contributed by atoms with van der Waals surface area (Å²) in [4.78, 5) is 11.9. The van der Waals surface area contributed by atoms with Crippen molar-refractivity contribution in [3.8, 4) is 0 Å². The third-order valence-corrected chi connectivity index (χ3v) is 8.84. The van der Waals surface area contributed by atoms with Crippen molar-refractivity contribution >= 4 is 38.5 Å². The van der Waals surface area contributed by atoms with Gasteiger partial charge >= 0.3 is 0 Å². The molecule has 2 unspecified atom stereocenters. The first-order chi connectivity index (χ1) is 16.7. The average molecular weight is 536 g/mol. The fraction of sp³-hybridized carbons (Fsp3) is 0.292. The van der Waals surface area contributed by atoms with E-state index in [0.29, 0.717) is 5.69 Å². The molecule has 0 radical (unpaired) electrons. The minimum Gasteiger partial charge on any atom is -0.368 e. The van der Waals surface area contributed by atoms with Crippen molar-refractivity contribution in [3.05, 3.63) is 77.4 Å². The predicted octanol–water partition coefficient (Wildman–Crippen LogP) is 5.42. The molecule has 0 aliphatic carbocycles. The van der Waals surface area contributed by atoms with Crippen LogP contribution in [0.1, 0.15) is 45.0 Å². The van der Waals surface area contributed by atoms with Crippen LogP contribution in [0.25, 0.3) is 0 Å². The lowest BCUT2D eigenvalue weighted by Gasteiger charge is -2.30. The van der Waals surface area contributed by atoms with Gasteiger partial charge in [0.25, 0.3) is 10.0 Å². The van der Waals surface area contributed by atoms with Crippen molar-refractivity contribution < 1.29 is 21.6 Å². The Hall–Kier alpha value is -3.12. The van der Waals surface area contributed by atoms with Crippen LogP contribution in [0, 0.1) is 22.9 Å². The number of sulfonamides is 1. The van der Waals surface area contributed by atoms with Gasteiger partial charge in [0.2, 0.25) is 5.95 Å². The quantitative estimate of drug-likeness (QED) is 0.451. The number of aromatic nitrogens is 2. The molecule has 0 fully saturated rings. The number of rotatable bonds is 5. The SMILES string of the molecule is CC(C)(C)C1=NC(c2cccc(NS(=O)(=O)c3c(F)cccc3F)c2F)C(C)(c2ccnc(N)n2)S1. The minimum absolute atomic E-state index is 0.0474. The molecule has 3 N–H and O–H groups in total. The van der Waals surface area contributed by atoms with Crippen molar-refractivity contribution in [3.63, 3.8) is 0 Å². The topological polar surface area (TPSA) is 110 Å². The first-order valence-electron chi connectivity index (χ1n) is 10.9. The normalized spacial score (nSPS) is 20.3. The van der Waals surface area contributed by atoms with Crippen molar-refractivity contribution in [2.45, 2.75) is 43.4 Å². The second-order valence-electron chi connectivity index (χ2n) is 9.46. The van der Waals surface area contributed by atoms with Gasteiger partial charge in [-0.3, -0.25) is 9.71 Å². The summed E-state index contributed by atoms with van der Waals surface area (Å²) in [6.07, 6.45) is 1.50. The van der Waals surface area contributed by atoms with Gasteiger partial charge in [0.1, 0.15) is 11.6 Å². The van der Waals surface area contributed by atoms with Crippen LogP contribution in [0.2, 0.25) is 0 Å². The van der Waals surface area contributed by atoms with Crippen LogP contribution in [0.4, 0.5) is 24.8 Å². The van der Waals surface area contributed by atoms with E-state index in [1.165, 1.54) is 36.2 Å². The number of aliphatic imine (C=N–C) groups is 1. The van der Waals surface area contributed by atoms with E-state index in [1.807, 2.05) is 32.4 Å². The van der Waals surface area contributed by atoms with E-state index in [-0.39, 0.29) is 16.9 Å². The van der Waals surface area contributed by atoms with Gasteiger partial charge in [0.15, 0.2) is 10.7 Å². The minimum atomic E-state index is -4.78. The Morgan fingerprint density at radius 3 is 2.31 bits per heavy atom. The Morgan fingerprint density at radius 2 is 1.69 bits per heavy atom. The van der Waals surface area contributed by atoms with Gasteiger partial charge in [0, 0.05) is 17.2 Å². The molecule has 7 nitrogen and oxygen atoms in total. The van der Waals surface area contributed by atoms with Gasteiger partial charge in [-0.15, -0.1) is 0 Å². The maximum atomic E-state index is 15.9. The third kappa shape index (κ3) is 4.66. The highest BCUT2D eigenvalue weighted by Crippen LogP contribution is 2.56. The van der Waals surface area contributed by atoms with Gasteiger partial charge in [0.05, 0.1) is 27.2 Å². The summed E-state index contributed by atoms with van der Waals surface area (Å²) in [5, 5.41) is 0.742. The van der Waals surface area contributed by atoms with E-state index in [9.17, 15) is 17.2 Å². The first kappa shape index (κ1) is 26.0. The molecule has 0 spiro atoms. The Labute approximate surface area is 211 Å². The number of halogens is 3. The molecular weight excluding hydrogens is 511 g/mol. The lowest BCUT2D eigenvalue weighted by molar-refractivity contribution is 0.507. The Kier molecular flexibility index (Phi) is 6.54. The second kappa shape index (κ2) is 9.07. The largest absolute Gasteiger partial charge is 0.368 e. The summed E-state index contributed by atoms with van der Waals surface area (Å²) in [6.45, 7) is 7.76. The second-order valence-corrected chi connectivity index (χ2v) is 12.5. The molecule has 1 aliphatic rings. The lowest BCUT2D eigenvalue weighted by Crippen LogP contribution is -2.26. The number of thioether (sulfide) groups is 1. The van der Waals surface area contributed by atoms with Crippen LogP contribution in [0.3, 0.4) is 0 Å². The highest BCUT2D eigenvalue weighted by Gasteiger charge is 2.48. The lowest BCUT2D eigenvalue weighted by atomic mass is 9.90. The molecule has 12 heteroatoms. The van der Waals surface area contributed by atoms with Crippen LogP contribution >= 0.6 is 11.8 Å². The standard InChI is InChI=1S/C24H24F3N5O2S2/c1-23(2,3)21-31-20(24(4,35-21)17-11-12-29-22(28)30-17)13-7-5-10-16(18(13)27)32-36(33,34)19-14(25)8-6-9-15(19)26/h5-12,20,32H,1-4H3,(H2,28,29,30). The fourth-order valence-corrected chi connectivity index (χ4v) is 6.43. The fourth-order valence-electron chi connectivity index (χ4n) is 3.85. The van der Waals surface area contributed by atoms with Gasteiger partial charge < -0.3 is 5.73 Å². The van der Waals surface area contributed by atoms with Gasteiger partial charge in [-0.05, 0) is 31.2 Å². The molecule has 1 aliphatic heterocycles. The van der Waals surface area contributed by atoms with E-state index >= 15 is 4.39 Å². The molecule has 3 aromatic rings. The molecule has 0 bridgehead atoms. The predicted molar refractivity (Wildman–Crippen MR) is 135 cm³/mol. The van der Waals surface area contributed by atoms with Crippen LogP contribution in [0.5, 0.6) is 0 Å². The monoisotopic (exact) mass is 535 g/mol. The van der Waals surface area contributed by atoms with E-state index in [4.69, 9.17) is 10.7 Å². The molecule has 0 saturated carbocycles. The summed E-state index contributed by atoms with van der Waals surface area (Å²) in [5.74, 6) is -3.46. The number of hydrogen-bond donors (Lipinski definition) is 2. The molecule has 2 aromatic carbocycles. The zero-order valence-corrected chi connectivity index (χ0v) is 21.5. The number of nitrogens with zero attached hydrogens (tertiary/aromatic N) is 3. The molecule has 1 aromatic heterocycles. The van der Waals surface area contributed by atoms with Crippen molar-refractivity contribution in [2.75, 3.05) is 10.5 Å². The van der Waals surface area contributed by atoms with E-state index < -0.39 is 48.8 Å². The van der Waals surface area contributed by atoms with Crippen molar-refractivity contribution in [2.24, 2.45) is 10.4 Å². The molecule has 190 valence electrons. The average Bonchev–Trinajstić information content (AvgIpc) is 3.14. The summed E-state index contributed by atoms with van der Waals surface area (Å²) >= 11 is 1.41. The number of nitrogen functional groups attached to an aromatic ring is 1. The molecule has 36 heavy (non-hydrogen) atoms. The molecule has 4 rings (SSSR count). The summed E-state index contributed by atoms with van der Waals surface area (Å²) in [7, 11) is -4.78. The van der Waals surface area contributed by atoms with Gasteiger partial charge in [-0.25, -0.2) is 31.6 Å². The maximum absolute atomic E-state index is 15.9. The molecule has 2 atom stereocenters. The highest BCUT2D eigenvalue weighted by atomic mass is 32.2. The van der Waals surface area contributed by atoms with Crippen molar-refractivity contribution in [1.29, 1.82) is 0 Å². The summed E-state index contributed by atoms with van der Waals surface area (Å²) in [6, 6.07) is 7.60. The van der Waals surface area contributed by atoms with Crippen LogP contribution < -0.4 is 10.5 Å². The molecule has 0 saturated heterocycles. The zero-order valence-electron chi connectivity index (χ0n) is 19.9. The van der Waals surface area contributed by atoms with Gasteiger partial charge in [-0.1, -0.05) is 50.7 Å². The zero-order chi connectivity index (χ0) is 26.5. The first-order valence-corrected chi connectivity index (χ1v) is 13.2. The smallest absolute Gasteiger partial charge is 0.267 e. The van der Waals surface area contributed by atoms with Crippen molar-refractivity contribution in [1.82, 2.24) is 9.97 Å². The third-order valence-electron chi connectivity index (χ3n) is 5.66. The number of anilines is 2. The van der Waals surface area contributed by atoms with E-state index in [1.54, 1.807) is 6.07 Å². The Balaban J connectivity index is 1.82. The van der Waals surface area contributed by atoms with Crippen LogP contribution in [0.15, 0.2) is 58.5 Å².